The van der Waals surface area contributed by atoms with Gasteiger partial charge in [0.15, 0.2) is 0 Å². The summed E-state index contributed by atoms with van der Waals surface area (Å²) in [7, 11) is 0. The molecule has 0 bridgehead atoms. The molecule has 0 aliphatic carbocycles. The second-order valence-corrected chi connectivity index (χ2v) is 4.68. The van der Waals surface area contributed by atoms with Gasteiger partial charge in [0.05, 0.1) is 5.69 Å². The molecule has 3 aromatic rings. The highest BCUT2D eigenvalue weighted by molar-refractivity contribution is 5.87. The number of rotatable bonds is 1. The SMILES string of the molecule is Cc1ccc(-c2cc3ccccc3c(C)n2)cc1. The summed E-state index contributed by atoms with van der Waals surface area (Å²) < 4.78 is 0. The first-order valence-electron chi connectivity index (χ1n) is 6.17. The van der Waals surface area contributed by atoms with Crippen LogP contribution in [0.4, 0.5) is 0 Å². The van der Waals surface area contributed by atoms with Gasteiger partial charge in [0.1, 0.15) is 0 Å². The van der Waals surface area contributed by atoms with Crippen LogP contribution in [0.1, 0.15) is 11.3 Å². The number of benzene rings is 2. The summed E-state index contributed by atoms with van der Waals surface area (Å²) in [4.78, 5) is 4.70. The number of aryl methyl sites for hydroxylation is 2. The summed E-state index contributed by atoms with van der Waals surface area (Å²) in [6.07, 6.45) is 0. The third-order valence-corrected chi connectivity index (χ3v) is 3.28. The molecule has 0 aliphatic heterocycles. The lowest BCUT2D eigenvalue weighted by molar-refractivity contribution is 1.24. The average Bonchev–Trinajstić information content (AvgIpc) is 2.39. The number of aromatic nitrogens is 1. The minimum atomic E-state index is 1.05. The van der Waals surface area contributed by atoms with Gasteiger partial charge in [-0.3, -0.25) is 4.98 Å². The van der Waals surface area contributed by atoms with E-state index in [1.165, 1.54) is 21.9 Å². The van der Waals surface area contributed by atoms with Crippen LogP contribution in [-0.2, 0) is 0 Å². The lowest BCUT2D eigenvalue weighted by Gasteiger charge is -2.06. The molecule has 1 nitrogen and oxygen atoms in total. The molecule has 1 heterocycles. The summed E-state index contributed by atoms with van der Waals surface area (Å²) in [5.41, 5.74) is 4.58. The maximum absolute atomic E-state index is 4.70. The fourth-order valence-corrected chi connectivity index (χ4v) is 2.25. The van der Waals surface area contributed by atoms with Crippen molar-refractivity contribution in [2.24, 2.45) is 0 Å². The van der Waals surface area contributed by atoms with Gasteiger partial charge in [-0.2, -0.15) is 0 Å². The van der Waals surface area contributed by atoms with Gasteiger partial charge in [0.2, 0.25) is 0 Å². The minimum absolute atomic E-state index is 1.05. The van der Waals surface area contributed by atoms with Crippen molar-refractivity contribution in [2.75, 3.05) is 0 Å². The lowest BCUT2D eigenvalue weighted by atomic mass is 10.0. The molecular formula is C17H15N. The molecule has 18 heavy (non-hydrogen) atoms. The number of fused-ring (bicyclic) bond motifs is 1. The molecule has 0 radical (unpaired) electrons. The van der Waals surface area contributed by atoms with Crippen LogP contribution in [0.3, 0.4) is 0 Å². The maximum atomic E-state index is 4.70. The lowest BCUT2D eigenvalue weighted by Crippen LogP contribution is -1.89. The number of hydrogen-bond donors (Lipinski definition) is 0. The van der Waals surface area contributed by atoms with E-state index in [-0.39, 0.29) is 0 Å². The second kappa shape index (κ2) is 4.26. The molecule has 1 aromatic heterocycles. The molecule has 2 aromatic carbocycles. The number of hydrogen-bond acceptors (Lipinski definition) is 1. The molecule has 0 saturated heterocycles. The summed E-state index contributed by atoms with van der Waals surface area (Å²) >= 11 is 0. The van der Waals surface area contributed by atoms with Crippen molar-refractivity contribution in [3.63, 3.8) is 0 Å². The zero-order valence-corrected chi connectivity index (χ0v) is 10.6. The van der Waals surface area contributed by atoms with Crippen molar-refractivity contribution < 1.29 is 0 Å². The van der Waals surface area contributed by atoms with Crippen molar-refractivity contribution in [2.45, 2.75) is 13.8 Å². The maximum Gasteiger partial charge on any atom is 0.0711 e. The van der Waals surface area contributed by atoms with Crippen LogP contribution >= 0.6 is 0 Å². The van der Waals surface area contributed by atoms with Gasteiger partial charge in [-0.05, 0) is 25.3 Å². The highest BCUT2D eigenvalue weighted by atomic mass is 14.7. The number of nitrogens with zero attached hydrogens (tertiary/aromatic N) is 1. The van der Waals surface area contributed by atoms with Crippen LogP contribution in [0.2, 0.25) is 0 Å². The highest BCUT2D eigenvalue weighted by Crippen LogP contribution is 2.24. The van der Waals surface area contributed by atoms with E-state index in [0.717, 1.165) is 11.4 Å². The Hall–Kier alpha value is -2.15. The summed E-state index contributed by atoms with van der Waals surface area (Å²) in [6.45, 7) is 4.17. The van der Waals surface area contributed by atoms with Crippen molar-refractivity contribution in [3.8, 4) is 11.3 Å². The van der Waals surface area contributed by atoms with Gasteiger partial charge in [-0.15, -0.1) is 0 Å². The predicted molar refractivity (Wildman–Crippen MR) is 76.7 cm³/mol. The zero-order valence-electron chi connectivity index (χ0n) is 10.6. The Balaban J connectivity index is 2.21. The van der Waals surface area contributed by atoms with E-state index < -0.39 is 0 Å². The van der Waals surface area contributed by atoms with Crippen LogP contribution in [0.25, 0.3) is 22.0 Å². The molecular weight excluding hydrogens is 218 g/mol. The number of pyridine rings is 1. The Bertz CT molecular complexity index is 696. The molecule has 0 N–H and O–H groups in total. The Kier molecular flexibility index (Phi) is 2.60. The standard InChI is InChI=1S/C17H15N/c1-12-7-9-14(10-8-12)17-11-15-5-3-4-6-16(15)13(2)18-17/h3-11H,1-2H3. The molecule has 0 atom stereocenters. The highest BCUT2D eigenvalue weighted by Gasteiger charge is 2.04. The van der Waals surface area contributed by atoms with Gasteiger partial charge in [-0.25, -0.2) is 0 Å². The Morgan fingerprint density at radius 3 is 2.33 bits per heavy atom. The van der Waals surface area contributed by atoms with Gasteiger partial charge in [0.25, 0.3) is 0 Å². The second-order valence-electron chi connectivity index (χ2n) is 4.68. The predicted octanol–water partition coefficient (Wildman–Crippen LogP) is 4.52. The van der Waals surface area contributed by atoms with E-state index in [1.54, 1.807) is 0 Å². The van der Waals surface area contributed by atoms with E-state index in [0.29, 0.717) is 0 Å². The van der Waals surface area contributed by atoms with Crippen LogP contribution in [0, 0.1) is 13.8 Å². The Morgan fingerprint density at radius 2 is 1.56 bits per heavy atom. The van der Waals surface area contributed by atoms with Crippen LogP contribution in [0.5, 0.6) is 0 Å². The summed E-state index contributed by atoms with van der Waals surface area (Å²) in [6, 6.07) is 19.1. The molecule has 0 spiro atoms. The van der Waals surface area contributed by atoms with Crippen molar-refractivity contribution >= 4 is 10.8 Å². The smallest absolute Gasteiger partial charge is 0.0711 e. The zero-order chi connectivity index (χ0) is 12.5. The van der Waals surface area contributed by atoms with Crippen LogP contribution < -0.4 is 0 Å². The largest absolute Gasteiger partial charge is 0.252 e. The fraction of sp³-hybridized carbons (Fsp3) is 0.118. The minimum Gasteiger partial charge on any atom is -0.252 e. The molecule has 0 saturated carbocycles. The first kappa shape index (κ1) is 11.0. The van der Waals surface area contributed by atoms with Gasteiger partial charge < -0.3 is 0 Å². The molecule has 0 fully saturated rings. The summed E-state index contributed by atoms with van der Waals surface area (Å²) in [5, 5.41) is 2.48. The molecule has 0 unspecified atom stereocenters. The Labute approximate surface area is 107 Å². The topological polar surface area (TPSA) is 12.9 Å². The molecule has 3 rings (SSSR count). The van der Waals surface area contributed by atoms with E-state index in [4.69, 9.17) is 4.98 Å². The summed E-state index contributed by atoms with van der Waals surface area (Å²) in [5.74, 6) is 0. The van der Waals surface area contributed by atoms with E-state index in [2.05, 4.69) is 68.4 Å². The molecule has 0 aliphatic rings. The van der Waals surface area contributed by atoms with Crippen molar-refractivity contribution in [1.82, 2.24) is 4.98 Å². The van der Waals surface area contributed by atoms with Gasteiger partial charge in [0, 0.05) is 16.6 Å². The Morgan fingerprint density at radius 1 is 0.833 bits per heavy atom. The first-order valence-corrected chi connectivity index (χ1v) is 6.17. The van der Waals surface area contributed by atoms with E-state index in [9.17, 15) is 0 Å². The molecule has 0 amide bonds. The first-order chi connectivity index (χ1) is 8.74. The van der Waals surface area contributed by atoms with E-state index >= 15 is 0 Å². The monoisotopic (exact) mass is 233 g/mol. The third kappa shape index (κ3) is 1.88. The van der Waals surface area contributed by atoms with Crippen LogP contribution in [-0.4, -0.2) is 4.98 Å². The average molecular weight is 233 g/mol. The quantitative estimate of drug-likeness (QED) is 0.602. The molecule has 88 valence electrons. The van der Waals surface area contributed by atoms with Crippen LogP contribution in [0.15, 0.2) is 54.6 Å². The molecule has 1 heteroatoms. The van der Waals surface area contributed by atoms with E-state index in [1.807, 2.05) is 0 Å². The van der Waals surface area contributed by atoms with Gasteiger partial charge in [-0.1, -0.05) is 54.1 Å². The van der Waals surface area contributed by atoms with Crippen molar-refractivity contribution in [3.05, 3.63) is 65.9 Å². The fourth-order valence-electron chi connectivity index (χ4n) is 2.25. The normalized spacial score (nSPS) is 10.8. The third-order valence-electron chi connectivity index (χ3n) is 3.28. The van der Waals surface area contributed by atoms with Crippen molar-refractivity contribution in [1.29, 1.82) is 0 Å². The van der Waals surface area contributed by atoms with Gasteiger partial charge >= 0.3 is 0 Å².